The fourth-order valence-corrected chi connectivity index (χ4v) is 2.18. The smallest absolute Gasteiger partial charge is 0.351 e. The molecule has 0 aromatic heterocycles. The van der Waals surface area contributed by atoms with E-state index >= 15 is 0 Å². The average molecular weight is 286 g/mol. The topological polar surface area (TPSA) is 55.1 Å². The number of hydrogen-bond acceptors (Lipinski definition) is 2. The van der Waals surface area contributed by atoms with E-state index in [1.807, 2.05) is 0 Å². The monoisotopic (exact) mass is 286 g/mol. The number of carbonyl (C=O) groups is 1. The Morgan fingerprint density at radius 1 is 1.25 bits per heavy atom. The van der Waals surface area contributed by atoms with Gasteiger partial charge in [0.05, 0.1) is 5.56 Å². The van der Waals surface area contributed by atoms with Gasteiger partial charge in [0.25, 0.3) is 5.91 Å². The van der Waals surface area contributed by atoms with Gasteiger partial charge in [0.1, 0.15) is 0 Å². The summed E-state index contributed by atoms with van der Waals surface area (Å²) in [5.41, 5.74) is 5.10. The number of halogens is 3. The van der Waals surface area contributed by atoms with Gasteiger partial charge in [0, 0.05) is 12.1 Å². The Balaban J connectivity index is 1.93. The SMILES string of the molecule is NCCC1(CNC(=O)c2ccc(C(F)(F)F)cc2)CC1. The zero-order chi connectivity index (χ0) is 14.8. The molecule has 1 fully saturated rings. The van der Waals surface area contributed by atoms with Crippen LogP contribution in [-0.4, -0.2) is 19.0 Å². The number of rotatable bonds is 5. The maximum atomic E-state index is 12.4. The van der Waals surface area contributed by atoms with Crippen molar-refractivity contribution in [2.45, 2.75) is 25.4 Å². The molecule has 0 spiro atoms. The van der Waals surface area contributed by atoms with Crippen LogP contribution < -0.4 is 11.1 Å². The summed E-state index contributed by atoms with van der Waals surface area (Å²) in [5.74, 6) is -0.345. The Kier molecular flexibility index (Phi) is 4.04. The van der Waals surface area contributed by atoms with E-state index < -0.39 is 11.7 Å². The van der Waals surface area contributed by atoms with E-state index in [1.54, 1.807) is 0 Å². The van der Waals surface area contributed by atoms with Crippen LogP contribution in [0.4, 0.5) is 13.2 Å². The molecule has 1 aliphatic rings. The molecule has 0 atom stereocenters. The molecular formula is C14H17F3N2O. The quantitative estimate of drug-likeness (QED) is 0.874. The van der Waals surface area contributed by atoms with Crippen molar-refractivity contribution in [1.29, 1.82) is 0 Å². The van der Waals surface area contributed by atoms with Gasteiger partial charge in [-0.2, -0.15) is 13.2 Å². The third kappa shape index (κ3) is 3.50. The molecule has 1 saturated carbocycles. The van der Waals surface area contributed by atoms with Crippen molar-refractivity contribution >= 4 is 5.91 Å². The molecule has 6 heteroatoms. The Bertz CT molecular complexity index is 478. The van der Waals surface area contributed by atoms with Gasteiger partial charge in [-0.3, -0.25) is 4.79 Å². The highest BCUT2D eigenvalue weighted by Crippen LogP contribution is 2.47. The van der Waals surface area contributed by atoms with Crippen LogP contribution >= 0.6 is 0 Å². The molecule has 2 rings (SSSR count). The number of alkyl halides is 3. The highest BCUT2D eigenvalue weighted by molar-refractivity contribution is 5.94. The molecule has 0 heterocycles. The summed E-state index contributed by atoms with van der Waals surface area (Å²) in [6.45, 7) is 1.11. The van der Waals surface area contributed by atoms with Crippen molar-refractivity contribution in [2.75, 3.05) is 13.1 Å². The average Bonchev–Trinajstić information content (AvgIpc) is 3.16. The van der Waals surface area contributed by atoms with Gasteiger partial charge in [0.15, 0.2) is 0 Å². The molecule has 0 radical (unpaired) electrons. The fraction of sp³-hybridized carbons (Fsp3) is 0.500. The summed E-state index contributed by atoms with van der Waals surface area (Å²) in [7, 11) is 0. The third-order valence-corrected chi connectivity index (χ3v) is 3.73. The minimum absolute atomic E-state index is 0.107. The first-order chi connectivity index (χ1) is 9.36. The Morgan fingerprint density at radius 2 is 1.85 bits per heavy atom. The largest absolute Gasteiger partial charge is 0.416 e. The first-order valence-corrected chi connectivity index (χ1v) is 6.52. The van der Waals surface area contributed by atoms with E-state index in [-0.39, 0.29) is 16.9 Å². The normalized spacial score (nSPS) is 16.8. The van der Waals surface area contributed by atoms with Crippen LogP contribution in [0.5, 0.6) is 0 Å². The van der Waals surface area contributed by atoms with Crippen molar-refractivity contribution in [3.8, 4) is 0 Å². The van der Waals surface area contributed by atoms with E-state index in [1.165, 1.54) is 12.1 Å². The van der Waals surface area contributed by atoms with E-state index in [9.17, 15) is 18.0 Å². The zero-order valence-corrected chi connectivity index (χ0v) is 11.0. The Morgan fingerprint density at radius 3 is 2.30 bits per heavy atom. The second-order valence-corrected chi connectivity index (χ2v) is 5.30. The lowest BCUT2D eigenvalue weighted by Crippen LogP contribution is -2.31. The molecule has 0 saturated heterocycles. The molecule has 1 aromatic rings. The Labute approximate surface area is 115 Å². The van der Waals surface area contributed by atoms with Crippen molar-refractivity contribution in [2.24, 2.45) is 11.1 Å². The number of hydrogen-bond donors (Lipinski definition) is 2. The van der Waals surface area contributed by atoms with E-state index in [0.29, 0.717) is 13.1 Å². The van der Waals surface area contributed by atoms with Crippen molar-refractivity contribution in [1.82, 2.24) is 5.32 Å². The maximum Gasteiger partial charge on any atom is 0.416 e. The molecule has 3 nitrogen and oxygen atoms in total. The highest BCUT2D eigenvalue weighted by Gasteiger charge is 2.41. The van der Waals surface area contributed by atoms with Gasteiger partial charge >= 0.3 is 6.18 Å². The highest BCUT2D eigenvalue weighted by atomic mass is 19.4. The van der Waals surface area contributed by atoms with Gasteiger partial charge < -0.3 is 11.1 Å². The molecule has 3 N–H and O–H groups in total. The fourth-order valence-electron chi connectivity index (χ4n) is 2.18. The number of benzene rings is 1. The number of carbonyl (C=O) groups excluding carboxylic acids is 1. The van der Waals surface area contributed by atoms with Crippen LogP contribution in [0, 0.1) is 5.41 Å². The van der Waals surface area contributed by atoms with Gasteiger partial charge in [0.2, 0.25) is 0 Å². The molecule has 1 aliphatic carbocycles. The first kappa shape index (κ1) is 14.8. The number of nitrogens with two attached hydrogens (primary N) is 1. The number of amides is 1. The number of nitrogens with one attached hydrogen (secondary N) is 1. The summed E-state index contributed by atoms with van der Waals surface area (Å²) in [4.78, 5) is 11.9. The van der Waals surface area contributed by atoms with Crippen molar-refractivity contribution < 1.29 is 18.0 Å². The van der Waals surface area contributed by atoms with Crippen LogP contribution in [0.15, 0.2) is 24.3 Å². The minimum atomic E-state index is -4.38. The van der Waals surface area contributed by atoms with E-state index in [4.69, 9.17) is 5.73 Å². The van der Waals surface area contributed by atoms with Crippen LogP contribution in [0.2, 0.25) is 0 Å². The minimum Gasteiger partial charge on any atom is -0.351 e. The molecule has 1 amide bonds. The second-order valence-electron chi connectivity index (χ2n) is 5.30. The summed E-state index contributed by atoms with van der Waals surface area (Å²) >= 11 is 0. The maximum absolute atomic E-state index is 12.4. The molecule has 110 valence electrons. The molecule has 0 aliphatic heterocycles. The molecule has 20 heavy (non-hydrogen) atoms. The van der Waals surface area contributed by atoms with E-state index in [2.05, 4.69) is 5.32 Å². The zero-order valence-electron chi connectivity index (χ0n) is 11.0. The second kappa shape index (κ2) is 5.44. The molecule has 0 unspecified atom stereocenters. The van der Waals surface area contributed by atoms with Crippen molar-refractivity contribution in [3.63, 3.8) is 0 Å². The van der Waals surface area contributed by atoms with Gasteiger partial charge in [-0.15, -0.1) is 0 Å². The molecule has 1 aromatic carbocycles. The van der Waals surface area contributed by atoms with Gasteiger partial charge in [-0.1, -0.05) is 0 Å². The molecular weight excluding hydrogens is 269 g/mol. The summed E-state index contributed by atoms with van der Waals surface area (Å²) in [6, 6.07) is 4.23. The summed E-state index contributed by atoms with van der Waals surface area (Å²) in [6.07, 6.45) is -1.44. The van der Waals surface area contributed by atoms with Crippen LogP contribution in [-0.2, 0) is 6.18 Å². The third-order valence-electron chi connectivity index (χ3n) is 3.73. The lowest BCUT2D eigenvalue weighted by Gasteiger charge is -2.15. The summed E-state index contributed by atoms with van der Waals surface area (Å²) < 4.78 is 37.2. The van der Waals surface area contributed by atoms with Crippen LogP contribution in [0.25, 0.3) is 0 Å². The first-order valence-electron chi connectivity index (χ1n) is 6.52. The predicted molar refractivity (Wildman–Crippen MR) is 69.1 cm³/mol. The predicted octanol–water partition coefficient (Wildman–Crippen LogP) is 2.56. The van der Waals surface area contributed by atoms with E-state index in [0.717, 1.165) is 31.4 Å². The lowest BCUT2D eigenvalue weighted by atomic mass is 10.0. The van der Waals surface area contributed by atoms with Crippen molar-refractivity contribution in [3.05, 3.63) is 35.4 Å². The van der Waals surface area contributed by atoms with Crippen LogP contribution in [0.3, 0.4) is 0 Å². The lowest BCUT2D eigenvalue weighted by molar-refractivity contribution is -0.137. The Hall–Kier alpha value is -1.56. The standard InChI is InChI=1S/C14H17F3N2O/c15-14(16,17)11-3-1-10(2-4-11)12(20)19-9-13(5-6-13)7-8-18/h1-4H,5-9,18H2,(H,19,20). The molecule has 0 bridgehead atoms. The van der Waals surface area contributed by atoms with Gasteiger partial charge in [-0.05, 0) is 55.5 Å². The summed E-state index contributed by atoms with van der Waals surface area (Å²) in [5, 5.41) is 2.77. The van der Waals surface area contributed by atoms with Gasteiger partial charge in [-0.25, -0.2) is 0 Å². The van der Waals surface area contributed by atoms with Crippen LogP contribution in [0.1, 0.15) is 35.2 Å².